The normalized spacial score (nSPS) is 10.5. The predicted molar refractivity (Wildman–Crippen MR) is 112 cm³/mol. The van der Waals surface area contributed by atoms with Gasteiger partial charge in [0, 0.05) is 22.9 Å². The number of esters is 1. The van der Waals surface area contributed by atoms with Gasteiger partial charge in [0.25, 0.3) is 0 Å². The quantitative estimate of drug-likeness (QED) is 0.329. The molecule has 2 aromatic rings. The Morgan fingerprint density at radius 3 is 2.53 bits per heavy atom. The SMILES string of the molecule is C=C(C)C(=O)OCCOCCNC(=O)Oc1c(C)cc(OCCO)c2ccccc12. The number of benzene rings is 2. The summed E-state index contributed by atoms with van der Waals surface area (Å²) in [4.78, 5) is 23.4. The summed E-state index contributed by atoms with van der Waals surface area (Å²) in [7, 11) is 0. The number of aliphatic hydroxyl groups is 1. The first-order valence-corrected chi connectivity index (χ1v) is 9.56. The largest absolute Gasteiger partial charge is 0.491 e. The second-order valence-corrected chi connectivity index (χ2v) is 6.48. The fourth-order valence-corrected chi connectivity index (χ4v) is 2.63. The predicted octanol–water partition coefficient (Wildman–Crippen LogP) is 2.74. The molecule has 0 aliphatic rings. The molecular weight excluding hydrogens is 390 g/mol. The Labute approximate surface area is 175 Å². The third-order valence-electron chi connectivity index (χ3n) is 4.01. The third kappa shape index (κ3) is 6.75. The summed E-state index contributed by atoms with van der Waals surface area (Å²) in [5.41, 5.74) is 1.06. The lowest BCUT2D eigenvalue weighted by Gasteiger charge is -2.15. The summed E-state index contributed by atoms with van der Waals surface area (Å²) in [6, 6.07) is 9.18. The maximum atomic E-state index is 12.2. The Hall–Kier alpha value is -3.10. The molecule has 0 unspecified atom stereocenters. The van der Waals surface area contributed by atoms with Gasteiger partial charge in [-0.3, -0.25) is 0 Å². The molecule has 30 heavy (non-hydrogen) atoms. The number of hydrogen-bond acceptors (Lipinski definition) is 7. The van der Waals surface area contributed by atoms with Crippen LogP contribution in [0.25, 0.3) is 10.8 Å². The van der Waals surface area contributed by atoms with Crippen molar-refractivity contribution in [3.05, 3.63) is 48.0 Å². The molecule has 0 aromatic heterocycles. The van der Waals surface area contributed by atoms with E-state index in [1.165, 1.54) is 0 Å². The molecule has 2 rings (SSSR count). The van der Waals surface area contributed by atoms with Crippen LogP contribution < -0.4 is 14.8 Å². The van der Waals surface area contributed by atoms with E-state index in [9.17, 15) is 9.59 Å². The molecule has 0 aliphatic heterocycles. The molecule has 0 atom stereocenters. The maximum Gasteiger partial charge on any atom is 0.412 e. The molecule has 0 saturated heterocycles. The van der Waals surface area contributed by atoms with E-state index in [2.05, 4.69) is 11.9 Å². The third-order valence-corrected chi connectivity index (χ3v) is 4.01. The summed E-state index contributed by atoms with van der Waals surface area (Å²) < 4.78 is 21.3. The molecule has 0 spiro atoms. The van der Waals surface area contributed by atoms with Crippen molar-refractivity contribution in [1.29, 1.82) is 0 Å². The molecule has 162 valence electrons. The summed E-state index contributed by atoms with van der Waals surface area (Å²) in [5, 5.41) is 13.1. The minimum atomic E-state index is -0.607. The number of aryl methyl sites for hydroxylation is 1. The van der Waals surface area contributed by atoms with Gasteiger partial charge in [-0.25, -0.2) is 9.59 Å². The fourth-order valence-electron chi connectivity index (χ4n) is 2.63. The average molecular weight is 417 g/mol. The van der Waals surface area contributed by atoms with E-state index in [1.54, 1.807) is 13.0 Å². The summed E-state index contributed by atoms with van der Waals surface area (Å²) in [6.45, 7) is 7.77. The van der Waals surface area contributed by atoms with Gasteiger partial charge in [-0.1, -0.05) is 30.8 Å². The first-order valence-electron chi connectivity index (χ1n) is 9.56. The van der Waals surface area contributed by atoms with Gasteiger partial charge in [0.1, 0.15) is 24.7 Å². The van der Waals surface area contributed by atoms with Gasteiger partial charge >= 0.3 is 12.1 Å². The van der Waals surface area contributed by atoms with E-state index in [0.717, 1.165) is 16.3 Å². The zero-order chi connectivity index (χ0) is 21.9. The van der Waals surface area contributed by atoms with Crippen molar-refractivity contribution in [3.8, 4) is 11.5 Å². The van der Waals surface area contributed by atoms with Gasteiger partial charge in [-0.15, -0.1) is 0 Å². The molecule has 0 aliphatic carbocycles. The number of hydrogen-bond donors (Lipinski definition) is 2. The Morgan fingerprint density at radius 2 is 1.83 bits per heavy atom. The summed E-state index contributed by atoms with van der Waals surface area (Å²) >= 11 is 0. The van der Waals surface area contributed by atoms with Crippen molar-refractivity contribution in [2.24, 2.45) is 0 Å². The van der Waals surface area contributed by atoms with E-state index in [0.29, 0.717) is 17.1 Å². The highest BCUT2D eigenvalue weighted by atomic mass is 16.6. The number of carbonyl (C=O) groups excluding carboxylic acids is 2. The molecule has 0 saturated carbocycles. The van der Waals surface area contributed by atoms with Crippen LogP contribution in [0, 0.1) is 6.92 Å². The summed E-state index contributed by atoms with van der Waals surface area (Å²) in [6.07, 6.45) is -0.607. The lowest BCUT2D eigenvalue weighted by Crippen LogP contribution is -2.30. The smallest absolute Gasteiger partial charge is 0.412 e. The van der Waals surface area contributed by atoms with Crippen LogP contribution in [-0.4, -0.2) is 56.7 Å². The van der Waals surface area contributed by atoms with Crippen LogP contribution in [0.1, 0.15) is 12.5 Å². The Balaban J connectivity index is 1.86. The molecule has 0 fully saturated rings. The first-order chi connectivity index (χ1) is 14.4. The van der Waals surface area contributed by atoms with Gasteiger partial charge in [0.15, 0.2) is 0 Å². The first kappa shape index (κ1) is 23.2. The van der Waals surface area contributed by atoms with Crippen molar-refractivity contribution in [2.45, 2.75) is 13.8 Å². The molecule has 8 heteroatoms. The van der Waals surface area contributed by atoms with Crippen LogP contribution >= 0.6 is 0 Å². The lowest BCUT2D eigenvalue weighted by molar-refractivity contribution is -0.140. The minimum Gasteiger partial charge on any atom is -0.491 e. The van der Waals surface area contributed by atoms with E-state index in [4.69, 9.17) is 24.1 Å². The molecule has 2 aromatic carbocycles. The zero-order valence-corrected chi connectivity index (χ0v) is 17.2. The van der Waals surface area contributed by atoms with Crippen LogP contribution in [0.2, 0.25) is 0 Å². The van der Waals surface area contributed by atoms with Gasteiger partial charge in [-0.05, 0) is 25.5 Å². The highest BCUT2D eigenvalue weighted by Gasteiger charge is 2.15. The van der Waals surface area contributed by atoms with E-state index in [1.807, 2.05) is 31.2 Å². The van der Waals surface area contributed by atoms with Gasteiger partial charge in [-0.2, -0.15) is 0 Å². The van der Waals surface area contributed by atoms with E-state index < -0.39 is 12.1 Å². The summed E-state index contributed by atoms with van der Waals surface area (Å²) in [5.74, 6) is 0.591. The van der Waals surface area contributed by atoms with Crippen LogP contribution in [-0.2, 0) is 14.3 Å². The maximum absolute atomic E-state index is 12.2. The fraction of sp³-hybridized carbons (Fsp3) is 0.364. The van der Waals surface area contributed by atoms with Crippen LogP contribution in [0.5, 0.6) is 11.5 Å². The molecule has 0 heterocycles. The van der Waals surface area contributed by atoms with Crippen molar-refractivity contribution in [2.75, 3.05) is 39.6 Å². The van der Waals surface area contributed by atoms with Crippen LogP contribution in [0.15, 0.2) is 42.5 Å². The van der Waals surface area contributed by atoms with Crippen LogP contribution in [0.4, 0.5) is 4.79 Å². The number of aliphatic hydroxyl groups excluding tert-OH is 1. The Morgan fingerprint density at radius 1 is 1.10 bits per heavy atom. The van der Waals surface area contributed by atoms with Gasteiger partial charge in [0.2, 0.25) is 0 Å². The van der Waals surface area contributed by atoms with Gasteiger partial charge < -0.3 is 29.4 Å². The number of amides is 1. The number of ether oxygens (including phenoxy) is 4. The van der Waals surface area contributed by atoms with Crippen molar-refractivity contribution >= 4 is 22.8 Å². The molecule has 0 radical (unpaired) electrons. The van der Waals surface area contributed by atoms with Crippen molar-refractivity contribution in [3.63, 3.8) is 0 Å². The number of fused-ring (bicyclic) bond motifs is 1. The Bertz CT molecular complexity index is 894. The molecule has 1 amide bonds. The van der Waals surface area contributed by atoms with Crippen LogP contribution in [0.3, 0.4) is 0 Å². The monoisotopic (exact) mass is 417 g/mol. The number of nitrogens with one attached hydrogen (secondary N) is 1. The van der Waals surface area contributed by atoms with E-state index in [-0.39, 0.29) is 39.6 Å². The average Bonchev–Trinajstić information content (AvgIpc) is 2.73. The molecule has 2 N–H and O–H groups in total. The van der Waals surface area contributed by atoms with E-state index >= 15 is 0 Å². The second kappa shape index (κ2) is 11.8. The van der Waals surface area contributed by atoms with Crippen molar-refractivity contribution in [1.82, 2.24) is 5.32 Å². The number of carbonyl (C=O) groups is 2. The molecular formula is C22H27NO7. The molecule has 8 nitrogen and oxygen atoms in total. The molecule has 0 bridgehead atoms. The highest BCUT2D eigenvalue weighted by molar-refractivity contribution is 5.95. The lowest BCUT2D eigenvalue weighted by atomic mass is 10.0. The Kier molecular flexibility index (Phi) is 9.11. The number of rotatable bonds is 11. The van der Waals surface area contributed by atoms with Gasteiger partial charge in [0.05, 0.1) is 19.8 Å². The second-order valence-electron chi connectivity index (χ2n) is 6.48. The minimum absolute atomic E-state index is 0.0908. The highest BCUT2D eigenvalue weighted by Crippen LogP contribution is 2.36. The zero-order valence-electron chi connectivity index (χ0n) is 17.2. The standard InChI is InChI=1S/C22H27NO7/c1-15(2)21(25)29-13-12-27-10-8-23-22(26)30-20-16(3)14-19(28-11-9-24)17-6-4-5-7-18(17)20/h4-7,14,24H,1,8-13H2,2-3H3,(H,23,26). The van der Waals surface area contributed by atoms with Crippen molar-refractivity contribution < 1.29 is 33.6 Å². The topological polar surface area (TPSA) is 103 Å².